The summed E-state index contributed by atoms with van der Waals surface area (Å²) in [6, 6.07) is 0. The van der Waals surface area contributed by atoms with Crippen LogP contribution in [0.2, 0.25) is 0 Å². The summed E-state index contributed by atoms with van der Waals surface area (Å²) in [5, 5.41) is 0. The number of aromatic amines is 2. The summed E-state index contributed by atoms with van der Waals surface area (Å²) in [6.07, 6.45) is 21.6. The van der Waals surface area contributed by atoms with Gasteiger partial charge in [0.05, 0.1) is 25.9 Å². The normalized spacial score (nSPS) is 34.9. The number of fused-ring (bicyclic) bond motifs is 4. The molecule has 4 aliphatic rings. The molecule has 4 saturated carbocycles. The molecule has 0 aliphatic heterocycles. The Morgan fingerprint density at radius 3 is 1.57 bits per heavy atom. The quantitative estimate of drug-likeness (QED) is 0.375. The summed E-state index contributed by atoms with van der Waals surface area (Å²) in [5.41, 5.74) is 2.52. The molecule has 0 saturated heterocycles. The molecule has 4 bridgehead atoms. The number of nitrogens with one attached hydrogen (secondary N) is 2. The highest BCUT2D eigenvalue weighted by atomic mass is 16.5. The second-order valence-corrected chi connectivity index (χ2v) is 13.0. The fraction of sp³-hybridized carbons (Fsp3) is 0.800. The average Bonchev–Trinajstić information content (AvgIpc) is 3.70. The molecule has 2 aromatic rings. The molecule has 0 amide bonds. The minimum absolute atomic E-state index is 0.561. The van der Waals surface area contributed by atoms with Gasteiger partial charge < -0.3 is 14.7 Å². The number of aromatic nitrogens is 4. The van der Waals surface area contributed by atoms with Crippen LogP contribution in [0.4, 0.5) is 0 Å². The van der Waals surface area contributed by atoms with Crippen molar-refractivity contribution >= 4 is 0 Å². The van der Waals surface area contributed by atoms with Crippen molar-refractivity contribution in [3.63, 3.8) is 0 Å². The van der Waals surface area contributed by atoms with Gasteiger partial charge in [-0.3, -0.25) is 0 Å². The first-order valence-corrected chi connectivity index (χ1v) is 14.7. The SMILES string of the molecule is CC(C(COCC(Cc1cnc[nH]1)C(C)C1CC2CCC1C2)Cc1cnc[nH]1)C1CC2CCC1C2. The number of hydrogen-bond donors (Lipinski definition) is 2. The molecule has 0 aromatic carbocycles. The van der Waals surface area contributed by atoms with E-state index in [2.05, 4.69) is 33.8 Å². The zero-order valence-electron chi connectivity index (χ0n) is 21.9. The van der Waals surface area contributed by atoms with Crippen LogP contribution >= 0.6 is 0 Å². The molecule has 35 heavy (non-hydrogen) atoms. The van der Waals surface area contributed by atoms with Crippen molar-refractivity contribution in [3.8, 4) is 0 Å². The highest BCUT2D eigenvalue weighted by molar-refractivity contribution is 5.01. The molecular formula is C30H46N4O. The Kier molecular flexibility index (Phi) is 7.06. The van der Waals surface area contributed by atoms with E-state index in [9.17, 15) is 0 Å². The smallest absolute Gasteiger partial charge is 0.0921 e. The molecule has 5 heteroatoms. The van der Waals surface area contributed by atoms with Crippen LogP contribution in [0.15, 0.2) is 25.0 Å². The van der Waals surface area contributed by atoms with Gasteiger partial charge in [-0.25, -0.2) is 9.97 Å². The second kappa shape index (κ2) is 10.4. The molecule has 2 N–H and O–H groups in total. The van der Waals surface area contributed by atoms with Gasteiger partial charge in [-0.1, -0.05) is 26.7 Å². The van der Waals surface area contributed by atoms with E-state index < -0.39 is 0 Å². The predicted molar refractivity (Wildman–Crippen MR) is 139 cm³/mol. The van der Waals surface area contributed by atoms with Gasteiger partial charge in [0.1, 0.15) is 0 Å². The zero-order valence-corrected chi connectivity index (χ0v) is 21.9. The number of imidazole rings is 2. The van der Waals surface area contributed by atoms with Crippen LogP contribution in [-0.4, -0.2) is 33.1 Å². The molecule has 0 spiro atoms. The number of ether oxygens (including phenoxy) is 1. The minimum atomic E-state index is 0.561. The minimum Gasteiger partial charge on any atom is -0.381 e. The van der Waals surface area contributed by atoms with Gasteiger partial charge in [-0.15, -0.1) is 0 Å². The van der Waals surface area contributed by atoms with Crippen molar-refractivity contribution in [2.45, 2.75) is 78.1 Å². The van der Waals surface area contributed by atoms with E-state index in [0.29, 0.717) is 23.7 Å². The van der Waals surface area contributed by atoms with Gasteiger partial charge in [0.2, 0.25) is 0 Å². The number of hydrogen-bond acceptors (Lipinski definition) is 3. The second-order valence-electron chi connectivity index (χ2n) is 13.0. The molecule has 4 fully saturated rings. The molecular weight excluding hydrogens is 432 g/mol. The highest BCUT2D eigenvalue weighted by Gasteiger charge is 2.45. The van der Waals surface area contributed by atoms with Crippen molar-refractivity contribution in [2.75, 3.05) is 13.2 Å². The molecule has 0 radical (unpaired) electrons. The summed E-state index contributed by atoms with van der Waals surface area (Å²) in [5.74, 6) is 8.25. The predicted octanol–water partition coefficient (Wildman–Crippen LogP) is 6.31. The maximum absolute atomic E-state index is 6.71. The Labute approximate surface area is 211 Å². The average molecular weight is 479 g/mol. The van der Waals surface area contributed by atoms with E-state index in [1.165, 1.54) is 62.8 Å². The lowest BCUT2D eigenvalue weighted by Crippen LogP contribution is -2.33. The van der Waals surface area contributed by atoms with E-state index in [4.69, 9.17) is 4.74 Å². The molecule has 2 heterocycles. The molecule has 5 nitrogen and oxygen atoms in total. The lowest BCUT2D eigenvalue weighted by atomic mass is 9.73. The summed E-state index contributed by atoms with van der Waals surface area (Å²) < 4.78 is 6.71. The van der Waals surface area contributed by atoms with Crippen LogP contribution < -0.4 is 0 Å². The van der Waals surface area contributed by atoms with E-state index in [-0.39, 0.29) is 0 Å². The summed E-state index contributed by atoms with van der Waals surface area (Å²) in [7, 11) is 0. The topological polar surface area (TPSA) is 66.6 Å². The Morgan fingerprint density at radius 1 is 0.743 bits per heavy atom. The first-order chi connectivity index (χ1) is 17.1. The third-order valence-electron chi connectivity index (χ3n) is 11.2. The number of rotatable bonds is 12. The van der Waals surface area contributed by atoms with Crippen molar-refractivity contribution in [1.29, 1.82) is 0 Å². The zero-order chi connectivity index (χ0) is 23.8. The lowest BCUT2D eigenvalue weighted by Gasteiger charge is -2.36. The maximum Gasteiger partial charge on any atom is 0.0921 e. The van der Waals surface area contributed by atoms with Gasteiger partial charge in [0.25, 0.3) is 0 Å². The van der Waals surface area contributed by atoms with Crippen molar-refractivity contribution in [3.05, 3.63) is 36.4 Å². The summed E-state index contributed by atoms with van der Waals surface area (Å²) >= 11 is 0. The highest BCUT2D eigenvalue weighted by Crippen LogP contribution is 2.53. The lowest BCUT2D eigenvalue weighted by molar-refractivity contribution is 0.0156. The monoisotopic (exact) mass is 478 g/mol. The fourth-order valence-electron chi connectivity index (χ4n) is 9.10. The van der Waals surface area contributed by atoms with Crippen LogP contribution in [0.5, 0.6) is 0 Å². The largest absolute Gasteiger partial charge is 0.381 e. The Balaban J connectivity index is 1.11. The molecule has 2 aromatic heterocycles. The first kappa shape index (κ1) is 23.8. The maximum atomic E-state index is 6.71. The van der Waals surface area contributed by atoms with Gasteiger partial charge in [-0.05, 0) is 111 Å². The molecule has 6 rings (SSSR count). The van der Waals surface area contributed by atoms with E-state index in [1.807, 2.05) is 25.0 Å². The van der Waals surface area contributed by atoms with Gasteiger partial charge >= 0.3 is 0 Å². The van der Waals surface area contributed by atoms with E-state index in [0.717, 1.165) is 61.6 Å². The summed E-state index contributed by atoms with van der Waals surface area (Å²) in [4.78, 5) is 15.3. The standard InChI is InChI=1S/C30H46N4O/c1-19(29-9-21-3-5-23(29)7-21)25(11-27-13-31-17-33-27)15-35-16-26(12-28-14-32-18-34-28)20(2)30-10-22-4-6-24(30)8-22/h13-14,17-26,29-30H,3-12,15-16H2,1-2H3,(H,31,33)(H,32,34). The van der Waals surface area contributed by atoms with Crippen LogP contribution in [0.25, 0.3) is 0 Å². The van der Waals surface area contributed by atoms with E-state index >= 15 is 0 Å². The Hall–Kier alpha value is -1.62. The van der Waals surface area contributed by atoms with Crippen molar-refractivity contribution in [2.24, 2.45) is 59.2 Å². The molecule has 4 aliphatic carbocycles. The molecule has 10 unspecified atom stereocenters. The summed E-state index contributed by atoms with van der Waals surface area (Å²) in [6.45, 7) is 6.79. The van der Waals surface area contributed by atoms with Crippen LogP contribution in [0.3, 0.4) is 0 Å². The van der Waals surface area contributed by atoms with Gasteiger partial charge in [0.15, 0.2) is 0 Å². The number of H-pyrrole nitrogens is 2. The Bertz CT molecular complexity index is 837. The molecule has 192 valence electrons. The van der Waals surface area contributed by atoms with Crippen LogP contribution in [-0.2, 0) is 17.6 Å². The number of nitrogens with zero attached hydrogens (tertiary/aromatic N) is 2. The third-order valence-corrected chi connectivity index (χ3v) is 11.2. The first-order valence-electron chi connectivity index (χ1n) is 14.7. The van der Waals surface area contributed by atoms with Gasteiger partial charge in [0, 0.05) is 23.8 Å². The van der Waals surface area contributed by atoms with Crippen molar-refractivity contribution in [1.82, 2.24) is 19.9 Å². The Morgan fingerprint density at radius 2 is 1.23 bits per heavy atom. The van der Waals surface area contributed by atoms with Crippen LogP contribution in [0, 0.1) is 59.2 Å². The van der Waals surface area contributed by atoms with E-state index in [1.54, 1.807) is 0 Å². The third kappa shape index (κ3) is 5.12. The van der Waals surface area contributed by atoms with Gasteiger partial charge in [-0.2, -0.15) is 0 Å². The molecule has 10 atom stereocenters. The fourth-order valence-corrected chi connectivity index (χ4v) is 9.10. The van der Waals surface area contributed by atoms with Crippen molar-refractivity contribution < 1.29 is 4.74 Å². The van der Waals surface area contributed by atoms with Crippen LogP contribution in [0.1, 0.15) is 76.6 Å².